The van der Waals surface area contributed by atoms with Gasteiger partial charge in [0.2, 0.25) is 0 Å². The van der Waals surface area contributed by atoms with Crippen molar-refractivity contribution in [1.29, 1.82) is 0 Å². The zero-order chi connectivity index (χ0) is 12.3. The van der Waals surface area contributed by atoms with Crippen molar-refractivity contribution in [3.05, 3.63) is 18.1 Å². The third kappa shape index (κ3) is 3.70. The van der Waals surface area contributed by atoms with E-state index in [0.717, 1.165) is 10.9 Å². The van der Waals surface area contributed by atoms with E-state index in [2.05, 4.69) is 14.7 Å². The molecule has 92 valence electrons. The largest absolute Gasteiger partial charge is 0.469 e. The fourth-order valence-corrected chi connectivity index (χ4v) is 2.44. The molecule has 0 saturated heterocycles. The van der Waals surface area contributed by atoms with Crippen LogP contribution in [0.5, 0.6) is 0 Å². The first-order valence-corrected chi connectivity index (χ1v) is 6.63. The summed E-state index contributed by atoms with van der Waals surface area (Å²) in [5, 5.41) is 1.11. The Morgan fingerprint density at radius 3 is 3.06 bits per heavy atom. The van der Waals surface area contributed by atoms with Gasteiger partial charge in [-0.05, 0) is 18.9 Å². The minimum atomic E-state index is -0.179. The van der Waals surface area contributed by atoms with Crippen molar-refractivity contribution in [2.45, 2.75) is 42.4 Å². The summed E-state index contributed by atoms with van der Waals surface area (Å²) in [6.07, 6.45) is 4.61. The molecule has 0 bridgehead atoms. The quantitative estimate of drug-likeness (QED) is 0.457. The van der Waals surface area contributed by atoms with Crippen molar-refractivity contribution in [1.82, 2.24) is 9.97 Å². The molecule has 1 saturated carbocycles. The van der Waals surface area contributed by atoms with E-state index in [0.29, 0.717) is 12.3 Å². The van der Waals surface area contributed by atoms with Gasteiger partial charge in [0.15, 0.2) is 0 Å². The molecule has 1 aliphatic carbocycles. The van der Waals surface area contributed by atoms with Crippen molar-refractivity contribution >= 4 is 17.7 Å². The number of nitrogens with zero attached hydrogens (tertiary/aromatic N) is 2. The summed E-state index contributed by atoms with van der Waals surface area (Å²) in [5.74, 6) is 1.33. The Labute approximate surface area is 105 Å². The third-order valence-corrected chi connectivity index (χ3v) is 3.63. The van der Waals surface area contributed by atoms with Gasteiger partial charge in [-0.2, -0.15) is 0 Å². The van der Waals surface area contributed by atoms with Gasteiger partial charge in [0.25, 0.3) is 0 Å². The van der Waals surface area contributed by atoms with E-state index in [1.165, 1.54) is 20.0 Å². The zero-order valence-electron chi connectivity index (χ0n) is 10.0. The molecule has 1 aliphatic rings. The van der Waals surface area contributed by atoms with E-state index in [9.17, 15) is 4.79 Å². The van der Waals surface area contributed by atoms with Crippen LogP contribution in [-0.2, 0) is 9.53 Å². The minimum Gasteiger partial charge on any atom is -0.469 e. The number of carbonyl (C=O) groups excluding carboxylic acids is 1. The van der Waals surface area contributed by atoms with Gasteiger partial charge >= 0.3 is 5.97 Å². The van der Waals surface area contributed by atoms with E-state index in [4.69, 9.17) is 0 Å². The van der Waals surface area contributed by atoms with Gasteiger partial charge in [-0.3, -0.25) is 4.79 Å². The highest BCUT2D eigenvalue weighted by molar-refractivity contribution is 7.99. The summed E-state index contributed by atoms with van der Waals surface area (Å²) in [4.78, 5) is 19.9. The Balaban J connectivity index is 1.93. The van der Waals surface area contributed by atoms with Gasteiger partial charge in [0, 0.05) is 17.4 Å². The maximum Gasteiger partial charge on any atom is 0.306 e. The predicted octanol–water partition coefficient (Wildman–Crippen LogP) is 2.40. The van der Waals surface area contributed by atoms with Crippen LogP contribution in [0.25, 0.3) is 0 Å². The molecule has 1 atom stereocenters. The Hall–Kier alpha value is -1.10. The lowest BCUT2D eigenvalue weighted by molar-refractivity contribution is -0.140. The number of ether oxygens (including phenoxy) is 1. The number of esters is 1. The normalized spacial score (nSPS) is 16.6. The lowest BCUT2D eigenvalue weighted by atomic mass is 10.3. The highest BCUT2D eigenvalue weighted by Gasteiger charge is 2.26. The van der Waals surface area contributed by atoms with Gasteiger partial charge in [-0.25, -0.2) is 9.97 Å². The van der Waals surface area contributed by atoms with Gasteiger partial charge < -0.3 is 4.74 Å². The second-order valence-electron chi connectivity index (χ2n) is 4.24. The van der Waals surface area contributed by atoms with Crippen LogP contribution in [0, 0.1) is 0 Å². The van der Waals surface area contributed by atoms with Crippen LogP contribution in [-0.4, -0.2) is 28.3 Å². The van der Waals surface area contributed by atoms with Crippen LogP contribution >= 0.6 is 11.8 Å². The van der Waals surface area contributed by atoms with Crippen LogP contribution in [0.1, 0.15) is 37.9 Å². The Bertz CT molecular complexity index is 407. The number of rotatable bonds is 5. The fourth-order valence-electron chi connectivity index (χ4n) is 1.53. The molecule has 1 aromatic rings. The molecular weight excluding hydrogens is 236 g/mol. The Morgan fingerprint density at radius 1 is 1.65 bits per heavy atom. The molecule has 4 nitrogen and oxygen atoms in total. The highest BCUT2D eigenvalue weighted by Crippen LogP contribution is 2.38. The molecule has 0 amide bonds. The molecule has 0 radical (unpaired) electrons. The van der Waals surface area contributed by atoms with E-state index in [1.54, 1.807) is 18.0 Å². The summed E-state index contributed by atoms with van der Waals surface area (Å²) in [7, 11) is 1.41. The van der Waals surface area contributed by atoms with Crippen LogP contribution in [0.15, 0.2) is 17.3 Å². The van der Waals surface area contributed by atoms with Crippen LogP contribution in [0.2, 0.25) is 0 Å². The van der Waals surface area contributed by atoms with Gasteiger partial charge in [0.1, 0.15) is 5.82 Å². The highest BCUT2D eigenvalue weighted by atomic mass is 32.2. The number of thioether (sulfide) groups is 1. The average Bonchev–Trinajstić information content (AvgIpc) is 3.12. The second kappa shape index (κ2) is 5.49. The molecule has 5 heteroatoms. The first kappa shape index (κ1) is 12.4. The third-order valence-electron chi connectivity index (χ3n) is 2.59. The minimum absolute atomic E-state index is 0.171. The van der Waals surface area contributed by atoms with E-state index >= 15 is 0 Å². The van der Waals surface area contributed by atoms with Crippen LogP contribution in [0.4, 0.5) is 0 Å². The Kier molecular flexibility index (Phi) is 3.99. The number of methoxy groups -OCH3 is 1. The summed E-state index contributed by atoms with van der Waals surface area (Å²) in [6.45, 7) is 2.00. The van der Waals surface area contributed by atoms with Crippen molar-refractivity contribution in [3.63, 3.8) is 0 Å². The average molecular weight is 252 g/mol. The lowest BCUT2D eigenvalue weighted by Gasteiger charge is -2.09. The molecular formula is C12H16N2O2S. The number of aromatic nitrogens is 2. The van der Waals surface area contributed by atoms with E-state index in [1.807, 2.05) is 13.0 Å². The predicted molar refractivity (Wildman–Crippen MR) is 66.0 cm³/mol. The SMILES string of the molecule is COC(=O)CC(C)Sc1ccnc(C2CC2)n1. The topological polar surface area (TPSA) is 52.1 Å². The van der Waals surface area contributed by atoms with Crippen LogP contribution < -0.4 is 0 Å². The van der Waals surface area contributed by atoms with Crippen LogP contribution in [0.3, 0.4) is 0 Å². The lowest BCUT2D eigenvalue weighted by Crippen LogP contribution is -2.08. The monoisotopic (exact) mass is 252 g/mol. The first-order chi connectivity index (χ1) is 8.19. The second-order valence-corrected chi connectivity index (χ2v) is 5.69. The van der Waals surface area contributed by atoms with Gasteiger partial charge in [-0.15, -0.1) is 11.8 Å². The summed E-state index contributed by atoms with van der Waals surface area (Å²) < 4.78 is 4.65. The molecule has 1 heterocycles. The van der Waals surface area contributed by atoms with Gasteiger partial charge in [-0.1, -0.05) is 6.92 Å². The molecule has 2 rings (SSSR count). The standard InChI is InChI=1S/C12H16N2O2S/c1-8(7-11(15)16-2)17-10-5-6-13-12(14-10)9-3-4-9/h5-6,8-9H,3-4,7H2,1-2H3. The molecule has 17 heavy (non-hydrogen) atoms. The first-order valence-electron chi connectivity index (χ1n) is 5.75. The smallest absolute Gasteiger partial charge is 0.306 e. The molecule has 0 aliphatic heterocycles. The van der Waals surface area contributed by atoms with Crippen molar-refractivity contribution in [3.8, 4) is 0 Å². The zero-order valence-corrected chi connectivity index (χ0v) is 10.9. The summed E-state index contributed by atoms with van der Waals surface area (Å²) >= 11 is 1.59. The molecule has 0 N–H and O–H groups in total. The maximum atomic E-state index is 11.1. The maximum absolute atomic E-state index is 11.1. The van der Waals surface area contributed by atoms with E-state index in [-0.39, 0.29) is 11.2 Å². The summed E-state index contributed by atoms with van der Waals surface area (Å²) in [6, 6.07) is 1.89. The molecule has 1 fully saturated rings. The number of hydrogen-bond donors (Lipinski definition) is 0. The molecule has 0 spiro atoms. The Morgan fingerprint density at radius 2 is 2.41 bits per heavy atom. The van der Waals surface area contributed by atoms with Crippen molar-refractivity contribution < 1.29 is 9.53 Å². The van der Waals surface area contributed by atoms with Crippen molar-refractivity contribution in [2.75, 3.05) is 7.11 Å². The fraction of sp³-hybridized carbons (Fsp3) is 0.583. The molecule has 0 aromatic carbocycles. The molecule has 1 aromatic heterocycles. The van der Waals surface area contributed by atoms with Crippen molar-refractivity contribution in [2.24, 2.45) is 0 Å². The summed E-state index contributed by atoms with van der Waals surface area (Å²) in [5.41, 5.74) is 0. The molecule has 1 unspecified atom stereocenters. The number of carbonyl (C=O) groups is 1. The van der Waals surface area contributed by atoms with Gasteiger partial charge in [0.05, 0.1) is 18.6 Å². The van der Waals surface area contributed by atoms with E-state index < -0.39 is 0 Å². The number of hydrogen-bond acceptors (Lipinski definition) is 5.